The Labute approximate surface area is 120 Å². The molecule has 0 bridgehead atoms. The molecule has 0 heterocycles. The molecule has 19 heavy (non-hydrogen) atoms. The van der Waals surface area contributed by atoms with Gasteiger partial charge in [-0.25, -0.2) is 0 Å². The van der Waals surface area contributed by atoms with E-state index in [-0.39, 0.29) is 11.7 Å². The number of rotatable bonds is 3. The van der Waals surface area contributed by atoms with Gasteiger partial charge in [0.25, 0.3) is 5.91 Å². The van der Waals surface area contributed by atoms with E-state index in [0.29, 0.717) is 22.2 Å². The van der Waals surface area contributed by atoms with Gasteiger partial charge in [-0.1, -0.05) is 29.3 Å². The highest BCUT2D eigenvalue weighted by Crippen LogP contribution is 2.22. The minimum absolute atomic E-state index is 0.126. The lowest BCUT2D eigenvalue weighted by molar-refractivity contribution is 0.0951. The van der Waals surface area contributed by atoms with Gasteiger partial charge in [0, 0.05) is 12.1 Å². The quantitative estimate of drug-likeness (QED) is 0.908. The number of carbonyl (C=O) groups excluding carboxylic acids is 1. The third kappa shape index (κ3) is 3.63. The molecule has 0 aliphatic carbocycles. The second kappa shape index (κ2) is 5.95. The van der Waals surface area contributed by atoms with Crippen molar-refractivity contribution in [2.24, 2.45) is 0 Å². The fraction of sp³-hybridized carbons (Fsp3) is 0.0714. The van der Waals surface area contributed by atoms with Crippen molar-refractivity contribution in [3.05, 3.63) is 63.6 Å². The fourth-order valence-corrected chi connectivity index (χ4v) is 1.87. The van der Waals surface area contributed by atoms with Gasteiger partial charge >= 0.3 is 0 Å². The van der Waals surface area contributed by atoms with Crippen LogP contribution in [0.25, 0.3) is 0 Å². The van der Waals surface area contributed by atoms with Crippen molar-refractivity contribution in [3.8, 4) is 5.75 Å². The Morgan fingerprint density at radius 3 is 2.37 bits per heavy atom. The highest BCUT2D eigenvalue weighted by molar-refractivity contribution is 6.42. The van der Waals surface area contributed by atoms with Crippen LogP contribution in [0.15, 0.2) is 42.5 Å². The van der Waals surface area contributed by atoms with Crippen molar-refractivity contribution in [2.75, 3.05) is 0 Å². The number of phenols is 1. The summed E-state index contributed by atoms with van der Waals surface area (Å²) in [5.41, 5.74) is 1.35. The smallest absolute Gasteiger partial charge is 0.251 e. The molecule has 0 saturated heterocycles. The van der Waals surface area contributed by atoms with Crippen LogP contribution >= 0.6 is 23.2 Å². The van der Waals surface area contributed by atoms with Crippen LogP contribution in [0, 0.1) is 0 Å². The van der Waals surface area contributed by atoms with E-state index >= 15 is 0 Å². The first kappa shape index (κ1) is 13.7. The summed E-state index contributed by atoms with van der Waals surface area (Å²) in [6, 6.07) is 11.2. The zero-order valence-electron chi connectivity index (χ0n) is 9.86. The molecule has 0 radical (unpaired) electrons. The summed E-state index contributed by atoms with van der Waals surface area (Å²) in [5, 5.41) is 12.8. The van der Waals surface area contributed by atoms with Gasteiger partial charge in [-0.15, -0.1) is 0 Å². The van der Waals surface area contributed by atoms with Crippen molar-refractivity contribution < 1.29 is 9.90 Å². The zero-order valence-corrected chi connectivity index (χ0v) is 11.4. The molecule has 0 saturated carbocycles. The third-order valence-electron chi connectivity index (χ3n) is 2.57. The molecule has 2 rings (SSSR count). The second-order valence-electron chi connectivity index (χ2n) is 3.98. The lowest BCUT2D eigenvalue weighted by Crippen LogP contribution is -2.22. The molecule has 0 unspecified atom stereocenters. The van der Waals surface area contributed by atoms with Crippen molar-refractivity contribution in [3.63, 3.8) is 0 Å². The van der Waals surface area contributed by atoms with E-state index in [9.17, 15) is 4.79 Å². The Bertz CT molecular complexity index is 597. The first-order valence-corrected chi connectivity index (χ1v) is 6.33. The summed E-state index contributed by atoms with van der Waals surface area (Å²) < 4.78 is 0. The summed E-state index contributed by atoms with van der Waals surface area (Å²) in [7, 11) is 0. The molecule has 0 aliphatic rings. The molecule has 0 aromatic heterocycles. The Morgan fingerprint density at radius 2 is 1.74 bits per heavy atom. The monoisotopic (exact) mass is 295 g/mol. The average molecular weight is 296 g/mol. The number of nitrogens with one attached hydrogen (secondary N) is 1. The number of halogens is 2. The molecule has 2 N–H and O–H groups in total. The largest absolute Gasteiger partial charge is 0.508 e. The number of phenolic OH excluding ortho intramolecular Hbond substituents is 1. The van der Waals surface area contributed by atoms with Gasteiger partial charge in [0.05, 0.1) is 10.0 Å². The Balaban J connectivity index is 2.00. The zero-order chi connectivity index (χ0) is 13.8. The molecule has 0 fully saturated rings. The first-order chi connectivity index (χ1) is 9.06. The maximum Gasteiger partial charge on any atom is 0.251 e. The molecule has 0 spiro atoms. The summed E-state index contributed by atoms with van der Waals surface area (Å²) >= 11 is 11.7. The van der Waals surface area contributed by atoms with Gasteiger partial charge < -0.3 is 10.4 Å². The van der Waals surface area contributed by atoms with Crippen LogP contribution in [0.2, 0.25) is 10.0 Å². The summed E-state index contributed by atoms with van der Waals surface area (Å²) in [6.45, 7) is 0.358. The molecule has 0 atom stereocenters. The van der Waals surface area contributed by atoms with Crippen LogP contribution in [-0.2, 0) is 6.54 Å². The first-order valence-electron chi connectivity index (χ1n) is 5.57. The van der Waals surface area contributed by atoms with Crippen LogP contribution in [0.1, 0.15) is 15.9 Å². The second-order valence-corrected chi connectivity index (χ2v) is 4.79. The Kier molecular flexibility index (Phi) is 4.30. The molecule has 2 aromatic carbocycles. The van der Waals surface area contributed by atoms with E-state index in [0.717, 1.165) is 5.56 Å². The number of hydrogen-bond acceptors (Lipinski definition) is 2. The van der Waals surface area contributed by atoms with Crippen molar-refractivity contribution >= 4 is 29.1 Å². The van der Waals surface area contributed by atoms with Gasteiger partial charge in [-0.3, -0.25) is 4.79 Å². The van der Waals surface area contributed by atoms with E-state index < -0.39 is 0 Å². The molecule has 3 nitrogen and oxygen atoms in total. The predicted octanol–water partition coefficient (Wildman–Crippen LogP) is 3.63. The average Bonchev–Trinajstić information content (AvgIpc) is 2.40. The molecule has 2 aromatic rings. The van der Waals surface area contributed by atoms with E-state index in [2.05, 4.69) is 5.32 Å². The number of carbonyl (C=O) groups is 1. The Morgan fingerprint density at radius 1 is 1.05 bits per heavy atom. The lowest BCUT2D eigenvalue weighted by atomic mass is 10.2. The van der Waals surface area contributed by atoms with E-state index in [1.807, 2.05) is 0 Å². The minimum Gasteiger partial charge on any atom is -0.508 e. The topological polar surface area (TPSA) is 49.3 Å². The predicted molar refractivity (Wildman–Crippen MR) is 75.7 cm³/mol. The highest BCUT2D eigenvalue weighted by atomic mass is 35.5. The number of hydrogen-bond donors (Lipinski definition) is 2. The van der Waals surface area contributed by atoms with Crippen molar-refractivity contribution in [1.29, 1.82) is 0 Å². The highest BCUT2D eigenvalue weighted by Gasteiger charge is 2.06. The standard InChI is InChI=1S/C14H11Cl2NO2/c15-12-6-1-9(7-13(12)16)8-17-14(19)10-2-4-11(18)5-3-10/h1-7,18H,8H2,(H,17,19). The molecule has 0 aliphatic heterocycles. The minimum atomic E-state index is -0.217. The fourth-order valence-electron chi connectivity index (χ4n) is 1.55. The Hall–Kier alpha value is -1.71. The van der Waals surface area contributed by atoms with Gasteiger partial charge in [0.15, 0.2) is 0 Å². The van der Waals surface area contributed by atoms with Crippen molar-refractivity contribution in [1.82, 2.24) is 5.32 Å². The number of amides is 1. The summed E-state index contributed by atoms with van der Waals surface area (Å²) in [6.07, 6.45) is 0. The molecule has 1 amide bonds. The molecular formula is C14H11Cl2NO2. The van der Waals surface area contributed by atoms with Crippen LogP contribution < -0.4 is 5.32 Å². The van der Waals surface area contributed by atoms with E-state index in [1.54, 1.807) is 30.3 Å². The van der Waals surface area contributed by atoms with Crippen LogP contribution in [0.5, 0.6) is 5.75 Å². The number of benzene rings is 2. The molecule has 98 valence electrons. The lowest BCUT2D eigenvalue weighted by Gasteiger charge is -2.06. The van der Waals surface area contributed by atoms with Gasteiger partial charge in [-0.05, 0) is 42.0 Å². The molecular weight excluding hydrogens is 285 g/mol. The van der Waals surface area contributed by atoms with Gasteiger partial charge in [0.1, 0.15) is 5.75 Å². The molecule has 5 heteroatoms. The summed E-state index contributed by atoms with van der Waals surface area (Å²) in [4.78, 5) is 11.8. The SMILES string of the molecule is O=C(NCc1ccc(Cl)c(Cl)c1)c1ccc(O)cc1. The maximum atomic E-state index is 11.8. The van der Waals surface area contributed by atoms with E-state index in [1.165, 1.54) is 12.1 Å². The summed E-state index contributed by atoms with van der Waals surface area (Å²) in [5.74, 6) is -0.0906. The van der Waals surface area contributed by atoms with Crippen LogP contribution in [0.4, 0.5) is 0 Å². The maximum absolute atomic E-state index is 11.8. The van der Waals surface area contributed by atoms with Crippen LogP contribution in [0.3, 0.4) is 0 Å². The third-order valence-corrected chi connectivity index (χ3v) is 3.31. The normalized spacial score (nSPS) is 10.2. The van der Waals surface area contributed by atoms with Crippen molar-refractivity contribution in [2.45, 2.75) is 6.54 Å². The number of aromatic hydroxyl groups is 1. The van der Waals surface area contributed by atoms with E-state index in [4.69, 9.17) is 28.3 Å². The van der Waals surface area contributed by atoms with Gasteiger partial charge in [-0.2, -0.15) is 0 Å². The van der Waals surface area contributed by atoms with Gasteiger partial charge in [0.2, 0.25) is 0 Å². The van der Waals surface area contributed by atoms with Crippen LogP contribution in [-0.4, -0.2) is 11.0 Å².